The van der Waals surface area contributed by atoms with E-state index in [-0.39, 0.29) is 0 Å². The molecule has 0 atom stereocenters. The van der Waals surface area contributed by atoms with Gasteiger partial charge >= 0.3 is 0 Å². The summed E-state index contributed by atoms with van der Waals surface area (Å²) >= 11 is 0. The van der Waals surface area contributed by atoms with Crippen LogP contribution >= 0.6 is 0 Å². The molecule has 0 bridgehead atoms. The highest BCUT2D eigenvalue weighted by Crippen LogP contribution is 2.33. The Morgan fingerprint density at radius 3 is 1.59 bits per heavy atom. The molecule has 0 saturated heterocycles. The summed E-state index contributed by atoms with van der Waals surface area (Å²) in [7, 11) is -2.89. The van der Waals surface area contributed by atoms with Crippen LogP contribution in [0.2, 0.25) is 0 Å². The van der Waals surface area contributed by atoms with E-state index >= 15 is 0 Å². The minimum absolute atomic E-state index is 0.869. The van der Waals surface area contributed by atoms with Crippen molar-refractivity contribution in [2.24, 2.45) is 0 Å². The molecule has 0 N–H and O–H groups in total. The van der Waals surface area contributed by atoms with Crippen molar-refractivity contribution >= 4 is 17.7 Å². The molecular weight excluding hydrogens is 394 g/mol. The number of nitrogens with zero attached hydrogens (tertiary/aromatic N) is 1. The number of benzene rings is 2. The highest BCUT2D eigenvalue weighted by Gasteiger charge is 2.21. The van der Waals surface area contributed by atoms with Crippen LogP contribution in [0.15, 0.2) is 96.2 Å². The van der Waals surface area contributed by atoms with Crippen molar-refractivity contribution in [2.45, 2.75) is 0 Å². The van der Waals surface area contributed by atoms with Gasteiger partial charge in [0.2, 0.25) is 5.70 Å². The van der Waals surface area contributed by atoms with Gasteiger partial charge in [0.15, 0.2) is 6.21 Å². The van der Waals surface area contributed by atoms with E-state index in [1.165, 1.54) is 5.70 Å². The smallest absolute Gasteiger partial charge is 0.212 e. The third-order valence-corrected chi connectivity index (χ3v) is 4.15. The normalized spacial score (nSPS) is 15.7. The molecule has 29 heavy (non-hydrogen) atoms. The van der Waals surface area contributed by atoms with Crippen LogP contribution < -0.4 is 18.6 Å². The molecule has 0 aromatic heterocycles. The fraction of sp³-hybridized carbons (Fsp3) is 0.0455. The predicted molar refractivity (Wildman–Crippen MR) is 98.3 cm³/mol. The molecule has 0 amide bonds. The number of likely N-dealkylation sites (N-methyl/N-ethyl adjacent to an activating group) is 1. The lowest BCUT2D eigenvalue weighted by molar-refractivity contribution is -2.00. The van der Waals surface area contributed by atoms with Crippen LogP contribution in [0, 0.1) is 10.2 Å². The summed E-state index contributed by atoms with van der Waals surface area (Å²) in [5.74, 6) is 1.74. The fourth-order valence-corrected chi connectivity index (χ4v) is 2.90. The van der Waals surface area contributed by atoms with Crippen LogP contribution in [0.3, 0.4) is 0 Å². The molecule has 2 aromatic carbocycles. The van der Waals surface area contributed by atoms with E-state index in [4.69, 9.17) is 23.4 Å². The third kappa shape index (κ3) is 5.99. The first-order valence-corrected chi connectivity index (χ1v) is 9.87. The predicted octanol–water partition coefficient (Wildman–Crippen LogP) is -0.120. The van der Waals surface area contributed by atoms with Gasteiger partial charge in [0.05, 0.1) is 5.57 Å². The van der Waals surface area contributed by atoms with Crippen molar-refractivity contribution < 1.29 is 38.2 Å². The lowest BCUT2D eigenvalue weighted by Gasteiger charge is -2.19. The Morgan fingerprint density at radius 2 is 1.21 bits per heavy atom. The molecule has 2 aromatic rings. The quantitative estimate of drug-likeness (QED) is 0.641. The molecule has 0 aliphatic carbocycles. The van der Waals surface area contributed by atoms with Crippen LogP contribution in [-0.2, 0) is 4.74 Å². The lowest BCUT2D eigenvalue weighted by atomic mass is 10.0. The van der Waals surface area contributed by atoms with Gasteiger partial charge in [0, 0.05) is 23.3 Å². The molecule has 148 valence electrons. The summed E-state index contributed by atoms with van der Waals surface area (Å²) < 4.78 is 42.3. The molecule has 4 rings (SSSR count). The maximum atomic E-state index is 8.49. The SMILES string of the molecule is C[N+]1=CC=CC1=C1C=C(c2ccccc2)OC(c2ccccc2)=C1.[O-][Cl+3]([O-])([O-])[O-]. The molecule has 7 heteroatoms. The number of halogens is 1. The van der Waals surface area contributed by atoms with Crippen LogP contribution in [0.25, 0.3) is 11.5 Å². The van der Waals surface area contributed by atoms with E-state index in [2.05, 4.69) is 66.4 Å². The van der Waals surface area contributed by atoms with Gasteiger partial charge in [-0.3, -0.25) is 0 Å². The molecule has 0 radical (unpaired) electrons. The number of ether oxygens (including phenoxy) is 1. The number of rotatable bonds is 2. The highest BCUT2D eigenvalue weighted by atomic mass is 35.7. The van der Waals surface area contributed by atoms with E-state index in [9.17, 15) is 0 Å². The molecule has 0 unspecified atom stereocenters. The van der Waals surface area contributed by atoms with E-state index in [0.717, 1.165) is 28.2 Å². The Morgan fingerprint density at radius 1 is 0.759 bits per heavy atom. The van der Waals surface area contributed by atoms with E-state index in [1.54, 1.807) is 0 Å². The average Bonchev–Trinajstić information content (AvgIpc) is 3.14. The highest BCUT2D eigenvalue weighted by molar-refractivity contribution is 5.79. The van der Waals surface area contributed by atoms with Gasteiger partial charge in [-0.05, 0) is 12.2 Å². The number of hydrogen-bond acceptors (Lipinski definition) is 5. The molecule has 6 nitrogen and oxygen atoms in total. The standard InChI is InChI=1S/C22H18NO.ClHO4/c1-23-14-8-13-20(23)19-15-21(17-9-4-2-5-10-17)24-22(16-19)18-11-6-3-7-12-18;2-1(3,4)5/h2-16H,1H3;(H,2,3,4,5)/q+1;/p-1. The van der Waals surface area contributed by atoms with Crippen molar-refractivity contribution in [3.63, 3.8) is 0 Å². The van der Waals surface area contributed by atoms with Crippen LogP contribution in [0.4, 0.5) is 0 Å². The van der Waals surface area contributed by atoms with Gasteiger partial charge in [-0.1, -0.05) is 60.7 Å². The summed E-state index contributed by atoms with van der Waals surface area (Å²) in [6, 6.07) is 20.4. The number of allylic oxidation sites excluding steroid dienone is 5. The van der Waals surface area contributed by atoms with Gasteiger partial charge < -0.3 is 4.74 Å². The monoisotopic (exact) mass is 411 g/mol. The lowest BCUT2D eigenvalue weighted by Crippen LogP contribution is -2.68. The zero-order valence-corrected chi connectivity index (χ0v) is 16.3. The zero-order valence-electron chi connectivity index (χ0n) is 15.5. The van der Waals surface area contributed by atoms with Gasteiger partial charge in [-0.2, -0.15) is 0 Å². The van der Waals surface area contributed by atoms with E-state index in [1.807, 2.05) is 36.4 Å². The first-order chi connectivity index (χ1) is 13.8. The molecule has 0 spiro atoms. The van der Waals surface area contributed by atoms with Crippen molar-refractivity contribution in [3.05, 3.63) is 107 Å². The summed E-state index contributed by atoms with van der Waals surface area (Å²) in [5, 5.41) is 0. The Bertz CT molecular complexity index is 953. The summed E-state index contributed by atoms with van der Waals surface area (Å²) in [5.41, 5.74) is 4.46. The van der Waals surface area contributed by atoms with Gasteiger partial charge in [0.25, 0.3) is 0 Å². The second-order valence-electron chi connectivity index (χ2n) is 6.19. The van der Waals surface area contributed by atoms with Crippen LogP contribution in [-0.4, -0.2) is 17.8 Å². The first-order valence-electron chi connectivity index (χ1n) is 8.64. The van der Waals surface area contributed by atoms with Crippen molar-refractivity contribution in [1.29, 1.82) is 0 Å². The van der Waals surface area contributed by atoms with Gasteiger partial charge in [-0.25, -0.2) is 23.2 Å². The molecule has 2 aliphatic heterocycles. The first kappa shape index (κ1) is 20.7. The summed E-state index contributed by atoms with van der Waals surface area (Å²) in [6.45, 7) is 0. The summed E-state index contributed by atoms with van der Waals surface area (Å²) in [4.78, 5) is 0. The van der Waals surface area contributed by atoms with Crippen LogP contribution in [0.5, 0.6) is 0 Å². The Kier molecular flexibility index (Phi) is 6.43. The molecule has 0 fully saturated rings. The second-order valence-corrected chi connectivity index (χ2v) is 6.94. The molecule has 2 heterocycles. The summed E-state index contributed by atoms with van der Waals surface area (Å²) in [6.07, 6.45) is 10.5. The van der Waals surface area contributed by atoms with E-state index in [0.29, 0.717) is 0 Å². The molecule has 0 saturated carbocycles. The van der Waals surface area contributed by atoms with E-state index < -0.39 is 10.2 Å². The maximum absolute atomic E-state index is 8.49. The minimum Gasteiger partial charge on any atom is -0.456 e. The fourth-order valence-electron chi connectivity index (χ4n) is 2.90. The van der Waals surface area contributed by atoms with Crippen molar-refractivity contribution in [3.8, 4) is 0 Å². The largest absolute Gasteiger partial charge is 0.456 e. The maximum Gasteiger partial charge on any atom is 0.212 e. The molecule has 2 aliphatic rings. The Balaban J connectivity index is 0.000000431. The Labute approximate surface area is 170 Å². The second kappa shape index (κ2) is 9.00. The average molecular weight is 412 g/mol. The van der Waals surface area contributed by atoms with Crippen LogP contribution in [0.1, 0.15) is 11.1 Å². The van der Waals surface area contributed by atoms with Gasteiger partial charge in [0.1, 0.15) is 18.6 Å². The Hall–Kier alpha value is -3.00. The molecular formula is C22H18ClNO5. The van der Waals surface area contributed by atoms with Gasteiger partial charge in [-0.15, -0.1) is 10.2 Å². The minimum atomic E-state index is -4.94. The number of hydrogen-bond donors (Lipinski definition) is 0. The zero-order chi connectivity index (χ0) is 20.9. The topological polar surface area (TPSA) is 104 Å². The van der Waals surface area contributed by atoms with Crippen molar-refractivity contribution in [1.82, 2.24) is 0 Å². The van der Waals surface area contributed by atoms with Crippen molar-refractivity contribution in [2.75, 3.05) is 7.05 Å². The third-order valence-electron chi connectivity index (χ3n) is 4.15.